The molecule has 28 heavy (non-hydrogen) atoms. The Labute approximate surface area is 159 Å². The minimum absolute atomic E-state index is 0.148. The van der Waals surface area contributed by atoms with Crippen LogP contribution >= 0.6 is 0 Å². The highest BCUT2D eigenvalue weighted by Gasteiger charge is 2.53. The van der Waals surface area contributed by atoms with E-state index in [-0.39, 0.29) is 22.9 Å². The Bertz CT molecular complexity index is 861. The lowest BCUT2D eigenvalue weighted by atomic mass is 9.82. The van der Waals surface area contributed by atoms with E-state index in [1.54, 1.807) is 23.1 Å². The monoisotopic (exact) mass is 393 g/mol. The summed E-state index contributed by atoms with van der Waals surface area (Å²) in [6.07, 6.45) is -2.81. The van der Waals surface area contributed by atoms with Gasteiger partial charge in [-0.2, -0.15) is 5.10 Å². The number of halogens is 3. The standard InChI is InChI=1S/C19H18F3N3O3/c20-19(21,22)28-15-3-1-2-13(10-15)4-5-14-6-7-16(24-23-14)17(26)25-9-8-18(25)11-27-12-18/h1-3,6-7,10H,4-5,8-9,11-12H2. The zero-order valence-electron chi connectivity index (χ0n) is 14.9. The van der Waals surface area contributed by atoms with Gasteiger partial charge in [0.25, 0.3) is 5.91 Å². The van der Waals surface area contributed by atoms with Gasteiger partial charge in [-0.25, -0.2) is 0 Å². The van der Waals surface area contributed by atoms with Crippen molar-refractivity contribution in [3.8, 4) is 5.75 Å². The number of hydrogen-bond acceptors (Lipinski definition) is 5. The summed E-state index contributed by atoms with van der Waals surface area (Å²) >= 11 is 0. The predicted octanol–water partition coefficient (Wildman–Crippen LogP) is 2.78. The molecular weight excluding hydrogens is 375 g/mol. The SMILES string of the molecule is O=C(c1ccc(CCc2cccc(OC(F)(F)F)c2)nn1)N1CCC12COC2. The van der Waals surface area contributed by atoms with Crippen LogP contribution in [0.3, 0.4) is 0 Å². The van der Waals surface area contributed by atoms with Crippen LogP contribution in [0, 0.1) is 0 Å². The van der Waals surface area contributed by atoms with Gasteiger partial charge in [0, 0.05) is 6.54 Å². The fraction of sp³-hybridized carbons (Fsp3) is 0.421. The van der Waals surface area contributed by atoms with Gasteiger partial charge in [0.1, 0.15) is 5.75 Å². The van der Waals surface area contributed by atoms with Gasteiger partial charge in [-0.05, 0) is 49.1 Å². The molecule has 148 valence electrons. The molecule has 0 N–H and O–H groups in total. The molecule has 0 unspecified atom stereocenters. The highest BCUT2D eigenvalue weighted by atomic mass is 19.4. The van der Waals surface area contributed by atoms with E-state index in [0.29, 0.717) is 43.9 Å². The van der Waals surface area contributed by atoms with Crippen LogP contribution < -0.4 is 4.74 Å². The van der Waals surface area contributed by atoms with Crippen molar-refractivity contribution in [1.29, 1.82) is 0 Å². The molecule has 6 nitrogen and oxygen atoms in total. The van der Waals surface area contributed by atoms with Gasteiger partial charge in [-0.1, -0.05) is 12.1 Å². The van der Waals surface area contributed by atoms with Gasteiger partial charge < -0.3 is 14.4 Å². The largest absolute Gasteiger partial charge is 0.573 e. The number of rotatable bonds is 5. The van der Waals surface area contributed by atoms with Crippen LogP contribution in [0.4, 0.5) is 13.2 Å². The van der Waals surface area contributed by atoms with Crippen LogP contribution in [-0.4, -0.2) is 52.7 Å². The maximum Gasteiger partial charge on any atom is 0.573 e. The van der Waals surface area contributed by atoms with Crippen LogP contribution in [0.1, 0.15) is 28.2 Å². The zero-order valence-corrected chi connectivity index (χ0v) is 14.9. The normalized spacial score (nSPS) is 17.8. The summed E-state index contributed by atoms with van der Waals surface area (Å²) in [6.45, 7) is 1.84. The number of amides is 1. The highest BCUT2D eigenvalue weighted by Crippen LogP contribution is 2.38. The first-order valence-electron chi connectivity index (χ1n) is 8.92. The molecule has 1 aromatic carbocycles. The van der Waals surface area contributed by atoms with Gasteiger partial charge in [0.2, 0.25) is 0 Å². The van der Waals surface area contributed by atoms with Crippen LogP contribution in [0.15, 0.2) is 36.4 Å². The Morgan fingerprint density at radius 2 is 2.00 bits per heavy atom. The van der Waals surface area contributed by atoms with E-state index in [1.165, 1.54) is 18.2 Å². The molecular formula is C19H18F3N3O3. The summed E-state index contributed by atoms with van der Waals surface area (Å²) in [6, 6.07) is 9.20. The number of alkyl halides is 3. The van der Waals surface area contributed by atoms with Gasteiger partial charge in [-0.3, -0.25) is 4.79 Å². The summed E-state index contributed by atoms with van der Waals surface area (Å²) in [7, 11) is 0. The third-order valence-electron chi connectivity index (χ3n) is 5.10. The molecule has 9 heteroatoms. The maximum absolute atomic E-state index is 12.5. The maximum atomic E-state index is 12.5. The fourth-order valence-electron chi connectivity index (χ4n) is 3.41. The average molecular weight is 393 g/mol. The second kappa shape index (κ2) is 7.05. The number of benzene rings is 1. The number of hydrogen-bond donors (Lipinski definition) is 0. The molecule has 4 rings (SSSR count). The van der Waals surface area contributed by atoms with E-state index in [1.807, 2.05) is 0 Å². The van der Waals surface area contributed by atoms with Gasteiger partial charge in [0.15, 0.2) is 5.69 Å². The highest BCUT2D eigenvalue weighted by molar-refractivity contribution is 5.93. The third-order valence-corrected chi connectivity index (χ3v) is 5.10. The van der Waals surface area contributed by atoms with Gasteiger partial charge >= 0.3 is 6.36 Å². The Morgan fingerprint density at radius 3 is 2.57 bits per heavy atom. The summed E-state index contributed by atoms with van der Waals surface area (Å²) in [5.41, 5.74) is 1.48. The lowest BCUT2D eigenvalue weighted by molar-refractivity contribution is -0.274. The first kappa shape index (κ1) is 18.7. The van der Waals surface area contributed by atoms with E-state index >= 15 is 0 Å². The number of aryl methyl sites for hydroxylation is 2. The van der Waals surface area contributed by atoms with Crippen molar-refractivity contribution in [3.63, 3.8) is 0 Å². The molecule has 0 atom stereocenters. The number of aromatic nitrogens is 2. The number of carbonyl (C=O) groups is 1. The molecule has 2 saturated heterocycles. The molecule has 2 aliphatic heterocycles. The molecule has 1 aromatic heterocycles. The van der Waals surface area contributed by atoms with Crippen molar-refractivity contribution < 1.29 is 27.4 Å². The Hall–Kier alpha value is -2.68. The summed E-state index contributed by atoms with van der Waals surface area (Å²) in [4.78, 5) is 14.3. The van der Waals surface area contributed by atoms with Crippen molar-refractivity contribution in [2.24, 2.45) is 0 Å². The topological polar surface area (TPSA) is 64.5 Å². The summed E-state index contributed by atoms with van der Waals surface area (Å²) in [5.74, 6) is -0.397. The van der Waals surface area contributed by atoms with Crippen LogP contribution in [0.2, 0.25) is 0 Å². The van der Waals surface area contributed by atoms with E-state index in [2.05, 4.69) is 14.9 Å². The summed E-state index contributed by atoms with van der Waals surface area (Å²) < 4.78 is 46.1. The molecule has 0 aliphatic carbocycles. The van der Waals surface area contributed by atoms with Gasteiger partial charge in [0.05, 0.1) is 24.4 Å². The summed E-state index contributed by atoms with van der Waals surface area (Å²) in [5, 5.41) is 8.12. The molecule has 1 spiro atoms. The molecule has 1 amide bonds. The zero-order chi connectivity index (χ0) is 19.8. The number of ether oxygens (including phenoxy) is 2. The average Bonchev–Trinajstić information content (AvgIpc) is 2.57. The Morgan fingerprint density at radius 1 is 1.18 bits per heavy atom. The molecule has 0 radical (unpaired) electrons. The van der Waals surface area contributed by atoms with E-state index < -0.39 is 6.36 Å². The van der Waals surface area contributed by atoms with Crippen molar-refractivity contribution >= 4 is 5.91 Å². The fourth-order valence-corrected chi connectivity index (χ4v) is 3.41. The van der Waals surface area contributed by atoms with E-state index in [9.17, 15) is 18.0 Å². The minimum Gasteiger partial charge on any atom is -0.406 e. The first-order chi connectivity index (χ1) is 13.3. The molecule has 2 aromatic rings. The molecule has 3 heterocycles. The Kier molecular flexibility index (Phi) is 4.70. The van der Waals surface area contributed by atoms with Crippen molar-refractivity contribution in [1.82, 2.24) is 15.1 Å². The minimum atomic E-state index is -4.72. The molecule has 0 bridgehead atoms. The first-order valence-corrected chi connectivity index (χ1v) is 8.92. The van der Waals surface area contributed by atoms with Crippen LogP contribution in [0.25, 0.3) is 0 Å². The molecule has 2 fully saturated rings. The lowest BCUT2D eigenvalue weighted by Crippen LogP contribution is -2.72. The smallest absolute Gasteiger partial charge is 0.406 e. The number of carbonyl (C=O) groups excluding carboxylic acids is 1. The van der Waals surface area contributed by atoms with Crippen molar-refractivity contribution in [3.05, 3.63) is 53.3 Å². The third kappa shape index (κ3) is 3.80. The van der Waals surface area contributed by atoms with Crippen molar-refractivity contribution in [2.75, 3.05) is 19.8 Å². The predicted molar refractivity (Wildman–Crippen MR) is 91.8 cm³/mol. The van der Waals surface area contributed by atoms with Crippen LogP contribution in [-0.2, 0) is 17.6 Å². The Balaban J connectivity index is 1.35. The van der Waals surface area contributed by atoms with E-state index in [0.717, 1.165) is 6.42 Å². The molecule has 2 aliphatic rings. The second-order valence-electron chi connectivity index (χ2n) is 7.03. The van der Waals surface area contributed by atoms with Crippen LogP contribution in [0.5, 0.6) is 5.75 Å². The van der Waals surface area contributed by atoms with Crippen molar-refractivity contribution in [2.45, 2.75) is 31.2 Å². The quantitative estimate of drug-likeness (QED) is 0.782. The second-order valence-corrected chi connectivity index (χ2v) is 7.03. The number of likely N-dealkylation sites (tertiary alicyclic amines) is 1. The van der Waals surface area contributed by atoms with Gasteiger partial charge in [-0.15, -0.1) is 18.3 Å². The lowest BCUT2D eigenvalue weighted by Gasteiger charge is -2.57. The molecule has 0 saturated carbocycles. The number of nitrogens with zero attached hydrogens (tertiary/aromatic N) is 3. The van der Waals surface area contributed by atoms with E-state index in [4.69, 9.17) is 4.74 Å².